The van der Waals surface area contributed by atoms with Gasteiger partial charge < -0.3 is 29.9 Å². The van der Waals surface area contributed by atoms with Crippen LogP contribution in [0.15, 0.2) is 29.4 Å². The van der Waals surface area contributed by atoms with Gasteiger partial charge in [-0.3, -0.25) is 4.79 Å². The molecule has 146 valence electrons. The van der Waals surface area contributed by atoms with Gasteiger partial charge in [-0.25, -0.2) is 4.99 Å². The second-order valence-corrected chi connectivity index (χ2v) is 11.5. The van der Waals surface area contributed by atoms with Crippen molar-refractivity contribution in [3.63, 3.8) is 0 Å². The topological polar surface area (TPSA) is 104 Å². The molecular formula is C17H28N3O5P. The van der Waals surface area contributed by atoms with Crippen LogP contribution in [0.1, 0.15) is 13.3 Å². The molecule has 2 aliphatic heterocycles. The zero-order valence-corrected chi connectivity index (χ0v) is 16.6. The summed E-state index contributed by atoms with van der Waals surface area (Å²) >= 11 is 0. The molecule has 0 unspecified atom stereocenters. The average Bonchev–Trinajstić information content (AvgIpc) is 2.80. The first-order chi connectivity index (χ1) is 12.0. The molecular weight excluding hydrogens is 357 g/mol. The van der Waals surface area contributed by atoms with Gasteiger partial charge in [0.1, 0.15) is 18.0 Å². The lowest BCUT2D eigenvalue weighted by atomic mass is 10.1. The minimum Gasteiger partial charge on any atom is -0.491 e. The number of aliphatic imine (C=N–C) groups is 1. The van der Waals surface area contributed by atoms with Crippen LogP contribution in [0.25, 0.3) is 0 Å². The van der Waals surface area contributed by atoms with Crippen molar-refractivity contribution in [1.82, 2.24) is 10.2 Å². The number of aliphatic hydroxyl groups excluding tert-OH is 2. The number of amidine groups is 1. The van der Waals surface area contributed by atoms with Gasteiger partial charge in [0.2, 0.25) is 5.91 Å². The third kappa shape index (κ3) is 4.76. The molecule has 1 fully saturated rings. The molecule has 2 heterocycles. The van der Waals surface area contributed by atoms with Crippen LogP contribution in [-0.4, -0.2) is 84.3 Å². The highest BCUT2D eigenvalue weighted by Crippen LogP contribution is 2.39. The van der Waals surface area contributed by atoms with Crippen molar-refractivity contribution in [1.29, 1.82) is 0 Å². The molecule has 0 spiro atoms. The van der Waals surface area contributed by atoms with Crippen LogP contribution in [0, 0.1) is 0 Å². The van der Waals surface area contributed by atoms with Crippen LogP contribution in [0.2, 0.25) is 0 Å². The Morgan fingerprint density at radius 1 is 1.46 bits per heavy atom. The highest BCUT2D eigenvalue weighted by atomic mass is 31.2. The summed E-state index contributed by atoms with van der Waals surface area (Å²) in [6.07, 6.45) is 3.67. The van der Waals surface area contributed by atoms with Gasteiger partial charge in [0.05, 0.1) is 19.4 Å². The SMILES string of the molecule is C=C1N=C(NC(C)=O)C(OC)=CN1[C@@H]1O[C@H](CCP(=C)(C)C)[C@@H](O)[C@H]1O. The number of methoxy groups -OCH3 is 1. The number of rotatable bonds is 5. The Morgan fingerprint density at radius 2 is 2.12 bits per heavy atom. The lowest BCUT2D eigenvalue weighted by Gasteiger charge is -2.32. The van der Waals surface area contributed by atoms with E-state index < -0.39 is 31.4 Å². The van der Waals surface area contributed by atoms with Crippen LogP contribution in [-0.2, 0) is 14.3 Å². The van der Waals surface area contributed by atoms with E-state index in [4.69, 9.17) is 9.47 Å². The predicted octanol–water partition coefficient (Wildman–Crippen LogP) is 0.342. The van der Waals surface area contributed by atoms with Gasteiger partial charge in [-0.05, 0) is 25.9 Å². The molecule has 3 N–H and O–H groups in total. The van der Waals surface area contributed by atoms with E-state index in [1.54, 1.807) is 6.20 Å². The fourth-order valence-corrected chi connectivity index (χ4v) is 3.76. The first-order valence-electron chi connectivity index (χ1n) is 8.32. The van der Waals surface area contributed by atoms with E-state index in [9.17, 15) is 15.0 Å². The molecule has 0 aromatic rings. The maximum Gasteiger partial charge on any atom is 0.222 e. The van der Waals surface area contributed by atoms with Crippen LogP contribution in [0.5, 0.6) is 0 Å². The number of hydrogen-bond acceptors (Lipinski definition) is 7. The summed E-state index contributed by atoms with van der Waals surface area (Å²) in [5.74, 6) is 0.497. The zero-order chi connectivity index (χ0) is 19.6. The largest absolute Gasteiger partial charge is 0.491 e. The third-order valence-electron chi connectivity index (χ3n) is 4.17. The number of ether oxygens (including phenoxy) is 2. The molecule has 1 amide bonds. The monoisotopic (exact) mass is 385 g/mol. The third-order valence-corrected chi connectivity index (χ3v) is 5.64. The Morgan fingerprint density at radius 3 is 2.65 bits per heavy atom. The number of amides is 1. The summed E-state index contributed by atoms with van der Waals surface area (Å²) in [4.78, 5) is 17.0. The van der Waals surface area contributed by atoms with E-state index in [-0.39, 0.29) is 17.6 Å². The van der Waals surface area contributed by atoms with Crippen molar-refractivity contribution in [2.24, 2.45) is 4.99 Å². The second kappa shape index (κ2) is 7.96. The molecule has 2 aliphatic rings. The summed E-state index contributed by atoms with van der Waals surface area (Å²) in [6.45, 7) is 8.17. The van der Waals surface area contributed by atoms with E-state index in [0.29, 0.717) is 12.2 Å². The summed E-state index contributed by atoms with van der Waals surface area (Å²) < 4.78 is 11.2. The molecule has 0 radical (unpaired) electrons. The van der Waals surface area contributed by atoms with Crippen molar-refractivity contribution in [2.45, 2.75) is 37.9 Å². The molecule has 8 nitrogen and oxygen atoms in total. The minimum atomic E-state index is -1.26. The Labute approximate surface area is 154 Å². The number of hydrogen-bond donors (Lipinski definition) is 3. The normalized spacial score (nSPS) is 29.3. The number of nitrogens with zero attached hydrogens (tertiary/aromatic N) is 2. The Balaban J connectivity index is 2.16. The van der Waals surface area contributed by atoms with E-state index in [1.807, 2.05) is 0 Å². The van der Waals surface area contributed by atoms with Gasteiger partial charge in [0.25, 0.3) is 0 Å². The summed E-state index contributed by atoms with van der Waals surface area (Å²) in [6, 6.07) is 0. The van der Waals surface area contributed by atoms with Gasteiger partial charge >= 0.3 is 0 Å². The quantitative estimate of drug-likeness (QED) is 0.590. The second-order valence-electron chi connectivity index (χ2n) is 7.16. The van der Waals surface area contributed by atoms with E-state index >= 15 is 0 Å². The Hall–Kier alpha value is -1.60. The molecule has 26 heavy (non-hydrogen) atoms. The van der Waals surface area contributed by atoms with Gasteiger partial charge in [-0.15, -0.1) is 13.2 Å². The molecule has 2 rings (SSSR count). The summed E-state index contributed by atoms with van der Waals surface area (Å²) in [7, 11) is 1.44. The molecule has 9 heteroatoms. The van der Waals surface area contributed by atoms with Gasteiger partial charge in [0, 0.05) is 6.92 Å². The molecule has 1 saturated heterocycles. The number of carbonyl (C=O) groups is 1. The summed E-state index contributed by atoms with van der Waals surface area (Å²) in [5.41, 5.74) is 0. The van der Waals surface area contributed by atoms with Gasteiger partial charge in [-0.2, -0.15) is 0 Å². The fourth-order valence-electron chi connectivity index (χ4n) is 2.80. The minimum absolute atomic E-state index is 0.231. The zero-order valence-electron chi connectivity index (χ0n) is 15.7. The maximum absolute atomic E-state index is 11.3. The van der Waals surface area contributed by atoms with Crippen molar-refractivity contribution >= 4 is 24.9 Å². The van der Waals surface area contributed by atoms with Gasteiger partial charge in [-0.1, -0.05) is 6.58 Å². The molecule has 0 aromatic carbocycles. The first-order valence-corrected chi connectivity index (χ1v) is 11.4. The number of aliphatic hydroxyl groups is 2. The number of nitrogens with one attached hydrogen (secondary N) is 1. The highest BCUT2D eigenvalue weighted by molar-refractivity contribution is 7.72. The smallest absolute Gasteiger partial charge is 0.222 e. The average molecular weight is 385 g/mol. The Kier molecular flexibility index (Phi) is 6.34. The van der Waals surface area contributed by atoms with E-state index in [2.05, 4.69) is 36.5 Å². The molecule has 0 aliphatic carbocycles. The first kappa shape index (κ1) is 20.7. The molecule has 4 atom stereocenters. The van der Waals surface area contributed by atoms with Crippen LogP contribution >= 0.6 is 6.89 Å². The number of carbonyl (C=O) groups excluding carboxylic acids is 1. The highest BCUT2D eigenvalue weighted by Gasteiger charge is 2.46. The lowest BCUT2D eigenvalue weighted by Crippen LogP contribution is -2.43. The van der Waals surface area contributed by atoms with E-state index in [0.717, 1.165) is 6.16 Å². The van der Waals surface area contributed by atoms with Crippen LogP contribution in [0.4, 0.5) is 0 Å². The van der Waals surface area contributed by atoms with Crippen molar-refractivity contribution < 1.29 is 24.5 Å². The van der Waals surface area contributed by atoms with Crippen molar-refractivity contribution in [3.8, 4) is 0 Å². The fraction of sp³-hybridized carbons (Fsp3) is 0.588. The maximum atomic E-state index is 11.3. The van der Waals surface area contributed by atoms with Crippen LogP contribution < -0.4 is 5.32 Å². The standard InChI is InChI=1S/C17H28N3O5P/c1-10-18-16(19-11(2)21)13(24-3)9-20(10)17-15(23)14(22)12(25-17)7-8-26(4,5)6/h9,12,14-15,17,22-23H,1,4,7-8H2,2-3,5-6H3,(H,18,19,21)/t12-,14-,15-,17-/m1/s1. The van der Waals surface area contributed by atoms with Crippen molar-refractivity contribution in [3.05, 3.63) is 24.4 Å². The molecule has 0 bridgehead atoms. The predicted molar refractivity (Wildman–Crippen MR) is 103 cm³/mol. The molecule has 0 aromatic heterocycles. The van der Waals surface area contributed by atoms with Crippen LogP contribution in [0.3, 0.4) is 0 Å². The van der Waals surface area contributed by atoms with E-state index in [1.165, 1.54) is 18.9 Å². The lowest BCUT2D eigenvalue weighted by molar-refractivity contribution is -0.117. The van der Waals surface area contributed by atoms with Gasteiger partial charge in [0.15, 0.2) is 17.8 Å². The Bertz CT molecular complexity index is 684. The van der Waals surface area contributed by atoms with Crippen molar-refractivity contribution in [2.75, 3.05) is 26.6 Å². The summed E-state index contributed by atoms with van der Waals surface area (Å²) in [5, 5.41) is 23.4. The molecule has 0 saturated carbocycles.